The second-order valence-electron chi connectivity index (χ2n) is 6.04. The summed E-state index contributed by atoms with van der Waals surface area (Å²) in [6.45, 7) is 2.85. The van der Waals surface area contributed by atoms with Crippen molar-refractivity contribution >= 4 is 21.6 Å². The minimum atomic E-state index is -3.73. The maximum Gasteiger partial charge on any atom is 0.240 e. The summed E-state index contributed by atoms with van der Waals surface area (Å²) < 4.78 is 46.1. The van der Waals surface area contributed by atoms with Crippen LogP contribution in [-0.2, 0) is 14.8 Å². The third kappa shape index (κ3) is 4.81. The van der Waals surface area contributed by atoms with Crippen LogP contribution in [0.1, 0.15) is 11.7 Å². The molecule has 1 fully saturated rings. The first-order valence-corrected chi connectivity index (χ1v) is 10.2. The number of rotatable bonds is 6. The quantitative estimate of drug-likeness (QED) is 0.812. The Morgan fingerprint density at radius 3 is 2.73 bits per heavy atom. The first kappa shape index (κ1) is 19.3. The summed E-state index contributed by atoms with van der Waals surface area (Å²) in [5.74, 6) is -0.647. The molecule has 0 bridgehead atoms. The van der Waals surface area contributed by atoms with Crippen molar-refractivity contribution < 1.29 is 17.5 Å². The van der Waals surface area contributed by atoms with Crippen molar-refractivity contribution in [2.24, 2.45) is 0 Å². The Labute approximate surface area is 157 Å². The van der Waals surface area contributed by atoms with Crippen molar-refractivity contribution in [2.45, 2.75) is 11.0 Å². The van der Waals surface area contributed by atoms with E-state index in [0.717, 1.165) is 24.2 Å². The normalized spacial score (nSPS) is 18.8. The van der Waals surface area contributed by atoms with E-state index in [0.29, 0.717) is 19.7 Å². The Balaban J connectivity index is 1.54. The number of nitrogens with zero attached hydrogens (tertiary/aromatic N) is 1. The minimum Gasteiger partial charge on any atom is -0.371 e. The lowest BCUT2D eigenvalue weighted by Crippen LogP contribution is -2.42. The van der Waals surface area contributed by atoms with Crippen molar-refractivity contribution in [2.75, 3.05) is 32.8 Å². The van der Waals surface area contributed by atoms with Crippen LogP contribution in [0.2, 0.25) is 5.02 Å². The molecule has 1 aliphatic heterocycles. The first-order chi connectivity index (χ1) is 12.5. The maximum absolute atomic E-state index is 13.2. The molecule has 0 spiro atoms. The van der Waals surface area contributed by atoms with Crippen LogP contribution in [0.25, 0.3) is 0 Å². The highest BCUT2D eigenvalue weighted by Gasteiger charge is 2.22. The lowest BCUT2D eigenvalue weighted by atomic mass is 10.1. The molecule has 2 aromatic carbocycles. The second-order valence-corrected chi connectivity index (χ2v) is 8.22. The summed E-state index contributed by atoms with van der Waals surface area (Å²) in [5, 5.41) is -0.216. The molecule has 0 unspecified atom stereocenters. The van der Waals surface area contributed by atoms with Crippen LogP contribution in [0.15, 0.2) is 53.4 Å². The summed E-state index contributed by atoms with van der Waals surface area (Å²) in [7, 11) is -3.73. The van der Waals surface area contributed by atoms with Crippen molar-refractivity contribution in [1.82, 2.24) is 9.62 Å². The van der Waals surface area contributed by atoms with Gasteiger partial charge in [-0.2, -0.15) is 0 Å². The van der Waals surface area contributed by atoms with Crippen LogP contribution in [0.5, 0.6) is 0 Å². The molecule has 0 aromatic heterocycles. The lowest BCUT2D eigenvalue weighted by Gasteiger charge is -2.33. The number of sulfonamides is 1. The van der Waals surface area contributed by atoms with Crippen LogP contribution in [-0.4, -0.2) is 46.1 Å². The molecule has 0 radical (unpaired) electrons. The van der Waals surface area contributed by atoms with Gasteiger partial charge in [-0.25, -0.2) is 17.5 Å². The van der Waals surface area contributed by atoms with Gasteiger partial charge in [-0.05, 0) is 23.8 Å². The number of halogens is 2. The molecule has 2 aromatic rings. The summed E-state index contributed by atoms with van der Waals surface area (Å²) >= 11 is 5.66. The summed E-state index contributed by atoms with van der Waals surface area (Å²) in [6, 6.07) is 13.3. The highest BCUT2D eigenvalue weighted by Crippen LogP contribution is 2.22. The molecule has 0 amide bonds. The van der Waals surface area contributed by atoms with E-state index in [1.807, 2.05) is 30.3 Å². The molecule has 5 nitrogen and oxygen atoms in total. The molecular weight excluding hydrogens is 379 g/mol. The Hall–Kier alpha value is -1.51. The second kappa shape index (κ2) is 8.45. The Morgan fingerprint density at radius 2 is 2.00 bits per heavy atom. The average Bonchev–Trinajstić information content (AvgIpc) is 2.65. The predicted octanol–water partition coefficient (Wildman–Crippen LogP) is 2.83. The van der Waals surface area contributed by atoms with Gasteiger partial charge in [0.15, 0.2) is 0 Å². The van der Waals surface area contributed by atoms with Gasteiger partial charge in [-0.15, -0.1) is 0 Å². The zero-order chi connectivity index (χ0) is 18.6. The summed E-state index contributed by atoms with van der Waals surface area (Å²) in [6.07, 6.45) is -0.0162. The fourth-order valence-corrected chi connectivity index (χ4v) is 4.13. The molecule has 0 aliphatic carbocycles. The van der Waals surface area contributed by atoms with Gasteiger partial charge >= 0.3 is 0 Å². The van der Waals surface area contributed by atoms with E-state index in [9.17, 15) is 12.8 Å². The summed E-state index contributed by atoms with van der Waals surface area (Å²) in [5.41, 5.74) is 1.11. The molecule has 1 aliphatic rings. The number of ether oxygens (including phenoxy) is 1. The summed E-state index contributed by atoms with van der Waals surface area (Å²) in [4.78, 5) is 2.11. The molecule has 8 heteroatoms. The Morgan fingerprint density at radius 1 is 1.23 bits per heavy atom. The Bertz CT molecular complexity index is 849. The van der Waals surface area contributed by atoms with Crippen LogP contribution in [0.4, 0.5) is 4.39 Å². The van der Waals surface area contributed by atoms with E-state index in [-0.39, 0.29) is 22.6 Å². The number of morpholine rings is 1. The highest BCUT2D eigenvalue weighted by atomic mass is 35.5. The molecule has 140 valence electrons. The van der Waals surface area contributed by atoms with Gasteiger partial charge < -0.3 is 4.74 Å². The van der Waals surface area contributed by atoms with E-state index in [1.165, 1.54) is 6.07 Å². The zero-order valence-corrected chi connectivity index (χ0v) is 15.6. The van der Waals surface area contributed by atoms with Gasteiger partial charge in [-0.1, -0.05) is 41.9 Å². The van der Waals surface area contributed by atoms with Crippen LogP contribution >= 0.6 is 11.6 Å². The number of nitrogens with one attached hydrogen (secondary N) is 1. The maximum atomic E-state index is 13.2. The standard InChI is InChI=1S/C18H20ClFN2O3S/c19-16-12-15(6-7-17(16)20)26(23,24)21-8-9-22-10-11-25-18(13-22)14-4-2-1-3-5-14/h1-7,12,18,21H,8-11,13H2/t18-/m1/s1. The molecule has 3 rings (SSSR count). The highest BCUT2D eigenvalue weighted by molar-refractivity contribution is 7.89. The molecule has 0 saturated carbocycles. The van der Waals surface area contributed by atoms with E-state index in [2.05, 4.69) is 9.62 Å². The van der Waals surface area contributed by atoms with E-state index in [1.54, 1.807) is 0 Å². The van der Waals surface area contributed by atoms with Crippen LogP contribution in [0.3, 0.4) is 0 Å². The Kier molecular flexibility index (Phi) is 6.26. The largest absolute Gasteiger partial charge is 0.371 e. The third-order valence-electron chi connectivity index (χ3n) is 4.24. The molecular formula is C18H20ClFN2O3S. The molecule has 1 heterocycles. The van der Waals surface area contributed by atoms with Gasteiger partial charge in [0.05, 0.1) is 22.6 Å². The topological polar surface area (TPSA) is 58.6 Å². The molecule has 26 heavy (non-hydrogen) atoms. The van der Waals surface area contributed by atoms with Gasteiger partial charge in [0.1, 0.15) is 5.82 Å². The van der Waals surface area contributed by atoms with Gasteiger partial charge in [0.25, 0.3) is 0 Å². The SMILES string of the molecule is O=S(=O)(NCCN1CCO[C@@H](c2ccccc2)C1)c1ccc(F)c(Cl)c1. The van der Waals surface area contributed by atoms with E-state index >= 15 is 0 Å². The fourth-order valence-electron chi connectivity index (χ4n) is 2.84. The zero-order valence-electron chi connectivity index (χ0n) is 14.1. The van der Waals surface area contributed by atoms with E-state index < -0.39 is 15.8 Å². The first-order valence-electron chi connectivity index (χ1n) is 8.29. The number of hydrogen-bond donors (Lipinski definition) is 1. The molecule has 1 atom stereocenters. The fraction of sp³-hybridized carbons (Fsp3) is 0.333. The van der Waals surface area contributed by atoms with Crippen molar-refractivity contribution in [3.8, 4) is 0 Å². The van der Waals surface area contributed by atoms with Gasteiger partial charge in [0, 0.05) is 26.2 Å². The van der Waals surface area contributed by atoms with Gasteiger partial charge in [-0.3, -0.25) is 4.90 Å². The van der Waals surface area contributed by atoms with E-state index in [4.69, 9.17) is 16.3 Å². The average molecular weight is 399 g/mol. The predicted molar refractivity (Wildman–Crippen MR) is 98.2 cm³/mol. The molecule has 1 saturated heterocycles. The monoisotopic (exact) mass is 398 g/mol. The minimum absolute atomic E-state index is 0.0162. The van der Waals surface area contributed by atoms with Crippen molar-refractivity contribution in [3.63, 3.8) is 0 Å². The smallest absolute Gasteiger partial charge is 0.240 e. The van der Waals surface area contributed by atoms with Gasteiger partial charge in [0.2, 0.25) is 10.0 Å². The number of benzene rings is 2. The molecule has 1 N–H and O–H groups in total. The van der Waals surface area contributed by atoms with Crippen LogP contribution < -0.4 is 4.72 Å². The third-order valence-corrected chi connectivity index (χ3v) is 5.99. The van der Waals surface area contributed by atoms with Crippen molar-refractivity contribution in [1.29, 1.82) is 0 Å². The van der Waals surface area contributed by atoms with Crippen molar-refractivity contribution in [3.05, 3.63) is 64.9 Å². The lowest BCUT2D eigenvalue weighted by molar-refractivity contribution is -0.0291. The number of hydrogen-bond acceptors (Lipinski definition) is 4. The van der Waals surface area contributed by atoms with Crippen LogP contribution in [0, 0.1) is 5.82 Å².